The molecule has 0 unspecified atom stereocenters. The molecule has 2 heterocycles. The van der Waals surface area contributed by atoms with Gasteiger partial charge in [-0.1, -0.05) is 42.6 Å². The van der Waals surface area contributed by atoms with Crippen LogP contribution in [-0.4, -0.2) is 27.7 Å². The SMILES string of the molecule is Cc1nc(C2(NC(=O)C3=NN(c4ccccc4)C(=O)CC3)CCCCC2)no1. The molecule has 8 heteroatoms. The van der Waals surface area contributed by atoms with Gasteiger partial charge in [-0.3, -0.25) is 9.59 Å². The average molecular weight is 381 g/mol. The summed E-state index contributed by atoms with van der Waals surface area (Å²) in [7, 11) is 0. The van der Waals surface area contributed by atoms with Gasteiger partial charge in [-0.05, 0) is 25.0 Å². The van der Waals surface area contributed by atoms with E-state index in [1.54, 1.807) is 19.1 Å². The van der Waals surface area contributed by atoms with Gasteiger partial charge in [-0.15, -0.1) is 0 Å². The van der Waals surface area contributed by atoms with E-state index in [1.807, 2.05) is 18.2 Å². The first-order valence-electron chi connectivity index (χ1n) is 9.66. The van der Waals surface area contributed by atoms with Gasteiger partial charge in [0.1, 0.15) is 11.3 Å². The van der Waals surface area contributed by atoms with Crippen molar-refractivity contribution in [2.24, 2.45) is 5.10 Å². The van der Waals surface area contributed by atoms with Gasteiger partial charge < -0.3 is 9.84 Å². The Morgan fingerprint density at radius 2 is 1.89 bits per heavy atom. The molecular weight excluding hydrogens is 358 g/mol. The topological polar surface area (TPSA) is 101 Å². The molecule has 1 aromatic heterocycles. The number of hydrogen-bond acceptors (Lipinski definition) is 6. The summed E-state index contributed by atoms with van der Waals surface area (Å²) in [4.78, 5) is 29.7. The molecule has 1 aliphatic carbocycles. The lowest BCUT2D eigenvalue weighted by Crippen LogP contribution is -2.51. The number of benzene rings is 1. The van der Waals surface area contributed by atoms with Gasteiger partial charge in [0, 0.05) is 19.8 Å². The Labute approximate surface area is 163 Å². The van der Waals surface area contributed by atoms with Crippen LogP contribution in [0.2, 0.25) is 0 Å². The fraction of sp³-hybridized carbons (Fsp3) is 0.450. The van der Waals surface area contributed by atoms with Gasteiger partial charge in [0.25, 0.3) is 5.91 Å². The van der Waals surface area contributed by atoms with Crippen LogP contribution in [0.3, 0.4) is 0 Å². The molecule has 0 bridgehead atoms. The normalized spacial score (nSPS) is 19.2. The number of amides is 2. The summed E-state index contributed by atoms with van der Waals surface area (Å²) in [6.45, 7) is 1.74. The average Bonchev–Trinajstić information content (AvgIpc) is 3.17. The molecule has 8 nitrogen and oxygen atoms in total. The van der Waals surface area contributed by atoms with E-state index in [4.69, 9.17) is 4.52 Å². The third-order valence-electron chi connectivity index (χ3n) is 5.31. The van der Waals surface area contributed by atoms with Crippen molar-refractivity contribution < 1.29 is 14.1 Å². The number of nitrogens with zero attached hydrogens (tertiary/aromatic N) is 4. The van der Waals surface area contributed by atoms with E-state index < -0.39 is 5.54 Å². The van der Waals surface area contributed by atoms with Gasteiger partial charge in [0.2, 0.25) is 11.8 Å². The molecule has 2 aliphatic rings. The molecule has 4 rings (SSSR count). The molecule has 2 aromatic rings. The lowest BCUT2D eigenvalue weighted by molar-refractivity contribution is -0.119. The van der Waals surface area contributed by atoms with Gasteiger partial charge in [-0.25, -0.2) is 5.01 Å². The van der Waals surface area contributed by atoms with Crippen LogP contribution in [0, 0.1) is 6.92 Å². The number of aromatic nitrogens is 2. The Morgan fingerprint density at radius 1 is 1.14 bits per heavy atom. The molecule has 0 saturated heterocycles. The molecule has 1 N–H and O–H groups in total. The quantitative estimate of drug-likeness (QED) is 0.878. The summed E-state index contributed by atoms with van der Waals surface area (Å²) in [5.41, 5.74) is 0.349. The van der Waals surface area contributed by atoms with Crippen molar-refractivity contribution in [2.45, 2.75) is 57.4 Å². The largest absolute Gasteiger partial charge is 0.340 e. The number of anilines is 1. The summed E-state index contributed by atoms with van der Waals surface area (Å²) in [6, 6.07) is 9.14. The Balaban J connectivity index is 1.60. The number of para-hydroxylation sites is 1. The van der Waals surface area contributed by atoms with Crippen molar-refractivity contribution in [2.75, 3.05) is 5.01 Å². The monoisotopic (exact) mass is 381 g/mol. The maximum Gasteiger partial charge on any atom is 0.268 e. The lowest BCUT2D eigenvalue weighted by atomic mass is 9.80. The Hall–Kier alpha value is -3.03. The molecular formula is C20H23N5O3. The number of carbonyl (C=O) groups is 2. The molecule has 0 atom stereocenters. The summed E-state index contributed by atoms with van der Waals surface area (Å²) in [6.07, 6.45) is 5.15. The van der Waals surface area contributed by atoms with E-state index in [0.29, 0.717) is 29.5 Å². The van der Waals surface area contributed by atoms with Crippen molar-refractivity contribution >= 4 is 23.2 Å². The number of nitrogens with one attached hydrogen (secondary N) is 1. The van der Waals surface area contributed by atoms with Gasteiger partial charge in [0.05, 0.1) is 5.69 Å². The zero-order valence-corrected chi connectivity index (χ0v) is 15.9. The van der Waals surface area contributed by atoms with E-state index in [2.05, 4.69) is 20.6 Å². The summed E-state index contributed by atoms with van der Waals surface area (Å²) in [5.74, 6) is 0.595. The first-order valence-corrected chi connectivity index (χ1v) is 9.66. The smallest absolute Gasteiger partial charge is 0.268 e. The molecule has 2 amide bonds. The minimum atomic E-state index is -0.644. The number of hydrazone groups is 1. The summed E-state index contributed by atoms with van der Waals surface area (Å²) >= 11 is 0. The van der Waals surface area contributed by atoms with Gasteiger partial charge >= 0.3 is 0 Å². The highest BCUT2D eigenvalue weighted by atomic mass is 16.5. The Morgan fingerprint density at radius 3 is 2.57 bits per heavy atom. The maximum absolute atomic E-state index is 13.1. The summed E-state index contributed by atoms with van der Waals surface area (Å²) in [5, 5.41) is 12.9. The highest BCUT2D eigenvalue weighted by Gasteiger charge is 2.41. The molecule has 146 valence electrons. The predicted molar refractivity (Wildman–Crippen MR) is 103 cm³/mol. The van der Waals surface area contributed by atoms with Crippen LogP contribution in [-0.2, 0) is 15.1 Å². The number of carbonyl (C=O) groups excluding carboxylic acids is 2. The van der Waals surface area contributed by atoms with Crippen LogP contribution in [0.4, 0.5) is 5.69 Å². The zero-order chi connectivity index (χ0) is 19.6. The van der Waals surface area contributed by atoms with Crippen LogP contribution >= 0.6 is 0 Å². The highest BCUT2D eigenvalue weighted by Crippen LogP contribution is 2.36. The van der Waals surface area contributed by atoms with Crippen LogP contribution < -0.4 is 10.3 Å². The van der Waals surface area contributed by atoms with Crippen LogP contribution in [0.1, 0.15) is 56.7 Å². The molecule has 1 fully saturated rings. The van der Waals surface area contributed by atoms with E-state index in [1.165, 1.54) is 5.01 Å². The highest BCUT2D eigenvalue weighted by molar-refractivity contribution is 6.40. The zero-order valence-electron chi connectivity index (χ0n) is 15.9. The number of aryl methyl sites for hydroxylation is 1. The third kappa shape index (κ3) is 3.54. The fourth-order valence-electron chi connectivity index (χ4n) is 3.83. The predicted octanol–water partition coefficient (Wildman–Crippen LogP) is 2.84. The van der Waals surface area contributed by atoms with Crippen molar-refractivity contribution in [3.8, 4) is 0 Å². The second-order valence-electron chi connectivity index (χ2n) is 7.32. The van der Waals surface area contributed by atoms with Gasteiger partial charge in [0.15, 0.2) is 5.82 Å². The van der Waals surface area contributed by atoms with E-state index in [-0.39, 0.29) is 18.2 Å². The van der Waals surface area contributed by atoms with E-state index in [9.17, 15) is 9.59 Å². The van der Waals surface area contributed by atoms with E-state index >= 15 is 0 Å². The van der Waals surface area contributed by atoms with E-state index in [0.717, 1.165) is 32.1 Å². The van der Waals surface area contributed by atoms with Crippen LogP contribution in [0.5, 0.6) is 0 Å². The third-order valence-corrected chi connectivity index (χ3v) is 5.31. The molecule has 0 radical (unpaired) electrons. The second kappa shape index (κ2) is 7.53. The number of rotatable bonds is 4. The maximum atomic E-state index is 13.1. The molecule has 1 aliphatic heterocycles. The second-order valence-corrected chi connectivity index (χ2v) is 7.32. The minimum absolute atomic E-state index is 0.121. The molecule has 0 spiro atoms. The lowest BCUT2D eigenvalue weighted by Gasteiger charge is -2.35. The Kier molecular flexibility index (Phi) is 4.93. The standard InChI is InChI=1S/C20H23N5O3/c1-14-21-19(24-28-14)20(12-6-3-7-13-20)22-18(27)16-10-11-17(26)25(23-16)15-8-4-2-5-9-15/h2,4-5,8-9H,3,6-7,10-13H2,1H3,(H,22,27). The fourth-order valence-corrected chi connectivity index (χ4v) is 3.83. The van der Waals surface area contributed by atoms with Crippen molar-refractivity contribution in [3.63, 3.8) is 0 Å². The molecule has 28 heavy (non-hydrogen) atoms. The van der Waals surface area contributed by atoms with Gasteiger partial charge in [-0.2, -0.15) is 10.1 Å². The van der Waals surface area contributed by atoms with Crippen LogP contribution in [0.15, 0.2) is 40.0 Å². The van der Waals surface area contributed by atoms with Crippen molar-refractivity contribution in [1.29, 1.82) is 0 Å². The minimum Gasteiger partial charge on any atom is -0.340 e. The molecule has 1 saturated carbocycles. The van der Waals surface area contributed by atoms with Crippen LogP contribution in [0.25, 0.3) is 0 Å². The summed E-state index contributed by atoms with van der Waals surface area (Å²) < 4.78 is 5.16. The Bertz CT molecular complexity index is 900. The molecule has 1 aromatic carbocycles. The first-order chi connectivity index (χ1) is 13.6. The first kappa shape index (κ1) is 18.3. The number of hydrogen-bond donors (Lipinski definition) is 1. The van der Waals surface area contributed by atoms with Crippen molar-refractivity contribution in [1.82, 2.24) is 15.5 Å². The van der Waals surface area contributed by atoms with Crippen molar-refractivity contribution in [3.05, 3.63) is 42.0 Å².